The number of methoxy groups -OCH3 is 1. The smallest absolute Gasteiger partial charge is 0.237 e. The Morgan fingerprint density at radius 3 is 2.68 bits per heavy atom. The Kier molecular flexibility index (Phi) is 4.08. The fraction of sp³-hybridized carbons (Fsp3) is 0.364. The zero-order valence-electron chi connectivity index (χ0n) is 9.97. The van der Waals surface area contributed by atoms with Gasteiger partial charge in [-0.05, 0) is 18.2 Å². The van der Waals surface area contributed by atoms with Gasteiger partial charge < -0.3 is 9.64 Å². The van der Waals surface area contributed by atoms with Crippen molar-refractivity contribution in [3.63, 3.8) is 0 Å². The summed E-state index contributed by atoms with van der Waals surface area (Å²) in [5.74, 6) is 0.217. The maximum Gasteiger partial charge on any atom is 0.237 e. The van der Waals surface area contributed by atoms with E-state index in [1.54, 1.807) is 18.2 Å². The van der Waals surface area contributed by atoms with Crippen LogP contribution in [0.2, 0.25) is 0 Å². The van der Waals surface area contributed by atoms with Crippen molar-refractivity contribution in [1.82, 2.24) is 0 Å². The number of hydrogen-bond acceptors (Lipinski definition) is 4. The van der Waals surface area contributed by atoms with E-state index < -0.39 is 14.3 Å². The third kappa shape index (κ3) is 3.04. The van der Waals surface area contributed by atoms with Crippen molar-refractivity contribution in [2.45, 2.75) is 11.7 Å². The Morgan fingerprint density at radius 1 is 1.47 bits per heavy atom. The summed E-state index contributed by atoms with van der Waals surface area (Å²) >= 11 is 3.31. The molecule has 1 saturated heterocycles. The van der Waals surface area contributed by atoms with Crippen molar-refractivity contribution >= 4 is 47.3 Å². The Labute approximate surface area is 124 Å². The molecular weight excluding hydrogens is 358 g/mol. The molecule has 104 valence electrons. The number of amides is 1. The molecule has 0 aliphatic carbocycles. The highest BCUT2D eigenvalue weighted by atomic mass is 79.9. The van der Waals surface area contributed by atoms with Crippen LogP contribution in [0.4, 0.5) is 5.69 Å². The maximum absolute atomic E-state index is 11.9. The number of carbonyl (C=O) groups is 1. The molecule has 8 heteroatoms. The molecule has 0 bridgehead atoms. The summed E-state index contributed by atoms with van der Waals surface area (Å²) in [6.07, 6.45) is -0.110. The highest BCUT2D eigenvalue weighted by Gasteiger charge is 2.38. The van der Waals surface area contributed by atoms with Crippen molar-refractivity contribution in [2.24, 2.45) is 0 Å². The first kappa shape index (κ1) is 14.6. The number of rotatable bonds is 3. The number of ether oxygens (including phenoxy) is 1. The maximum atomic E-state index is 11.9. The molecule has 1 atom stereocenters. The van der Waals surface area contributed by atoms with Gasteiger partial charge in [-0.2, -0.15) is 0 Å². The Balaban J connectivity index is 2.38. The van der Waals surface area contributed by atoms with Crippen LogP contribution in [0.5, 0.6) is 5.75 Å². The average molecular weight is 369 g/mol. The predicted octanol–water partition coefficient (Wildman–Crippen LogP) is 2.13. The van der Waals surface area contributed by atoms with Gasteiger partial charge in [-0.25, -0.2) is 8.42 Å². The predicted molar refractivity (Wildman–Crippen MR) is 76.2 cm³/mol. The summed E-state index contributed by atoms with van der Waals surface area (Å²) in [7, 11) is 3.06. The van der Waals surface area contributed by atoms with Gasteiger partial charge in [-0.1, -0.05) is 15.9 Å². The summed E-state index contributed by atoms with van der Waals surface area (Å²) in [6.45, 7) is 0.0392. The summed E-state index contributed by atoms with van der Waals surface area (Å²) in [5, 5.41) is -0.884. The van der Waals surface area contributed by atoms with Crippen LogP contribution < -0.4 is 9.64 Å². The second kappa shape index (κ2) is 5.30. The Hall–Kier alpha value is -0.790. The zero-order valence-corrected chi connectivity index (χ0v) is 13.1. The first-order valence-corrected chi connectivity index (χ1v) is 8.57. The Bertz CT molecular complexity index is 619. The van der Waals surface area contributed by atoms with Gasteiger partial charge in [0.05, 0.1) is 12.8 Å². The minimum Gasteiger partial charge on any atom is -0.495 e. The SMILES string of the molecule is COc1ccc(Br)cc1N1CC(S(=O)(=O)Cl)CC1=O. The quantitative estimate of drug-likeness (QED) is 0.767. The second-order valence-corrected chi connectivity index (χ2v) is 7.95. The molecule has 1 fully saturated rings. The van der Waals surface area contributed by atoms with Crippen molar-refractivity contribution in [1.29, 1.82) is 0 Å². The first-order valence-electron chi connectivity index (χ1n) is 5.40. The van der Waals surface area contributed by atoms with Gasteiger partial charge in [0.1, 0.15) is 11.0 Å². The molecular formula is C11H11BrClNO4S. The molecule has 1 aliphatic rings. The van der Waals surface area contributed by atoms with Gasteiger partial charge in [0, 0.05) is 28.1 Å². The topological polar surface area (TPSA) is 63.7 Å². The summed E-state index contributed by atoms with van der Waals surface area (Å²) < 4.78 is 28.6. The number of hydrogen-bond donors (Lipinski definition) is 0. The van der Waals surface area contributed by atoms with E-state index in [1.807, 2.05) is 0 Å². The molecule has 0 radical (unpaired) electrons. The molecule has 2 rings (SSSR count). The van der Waals surface area contributed by atoms with E-state index in [0.717, 1.165) is 4.47 Å². The molecule has 1 aromatic carbocycles. The fourth-order valence-electron chi connectivity index (χ4n) is 1.97. The lowest BCUT2D eigenvalue weighted by Gasteiger charge is -2.19. The van der Waals surface area contributed by atoms with Crippen LogP contribution in [0.1, 0.15) is 6.42 Å². The number of anilines is 1. The summed E-state index contributed by atoms with van der Waals surface area (Å²) in [5.41, 5.74) is 0.532. The highest BCUT2D eigenvalue weighted by Crippen LogP contribution is 2.35. The molecule has 1 aliphatic heterocycles. The first-order chi connectivity index (χ1) is 8.82. The van der Waals surface area contributed by atoms with Crippen LogP contribution in [0.25, 0.3) is 0 Å². The van der Waals surface area contributed by atoms with Gasteiger partial charge in [-0.15, -0.1) is 0 Å². The van der Waals surface area contributed by atoms with E-state index in [9.17, 15) is 13.2 Å². The molecule has 0 spiro atoms. The monoisotopic (exact) mass is 367 g/mol. The molecule has 19 heavy (non-hydrogen) atoms. The fourth-order valence-corrected chi connectivity index (χ4v) is 3.35. The lowest BCUT2D eigenvalue weighted by molar-refractivity contribution is -0.117. The number of carbonyl (C=O) groups excluding carboxylic acids is 1. The van der Waals surface area contributed by atoms with E-state index >= 15 is 0 Å². The lowest BCUT2D eigenvalue weighted by Crippen LogP contribution is -2.27. The molecule has 1 amide bonds. The highest BCUT2D eigenvalue weighted by molar-refractivity contribution is 9.10. The number of benzene rings is 1. The molecule has 5 nitrogen and oxygen atoms in total. The van der Waals surface area contributed by atoms with Crippen molar-refractivity contribution < 1.29 is 17.9 Å². The van der Waals surface area contributed by atoms with Gasteiger partial charge in [-0.3, -0.25) is 4.79 Å². The standard InChI is InChI=1S/C11H11BrClNO4S/c1-18-10-3-2-7(12)4-9(10)14-6-8(5-11(14)15)19(13,16)17/h2-4,8H,5-6H2,1H3. The normalized spacial score (nSPS) is 19.8. The second-order valence-electron chi connectivity index (χ2n) is 4.12. The van der Waals surface area contributed by atoms with Crippen LogP contribution >= 0.6 is 26.6 Å². The molecule has 0 N–H and O–H groups in total. The van der Waals surface area contributed by atoms with E-state index in [0.29, 0.717) is 11.4 Å². The molecule has 1 unspecified atom stereocenters. The number of nitrogens with zero attached hydrogens (tertiary/aromatic N) is 1. The van der Waals surface area contributed by atoms with Crippen molar-refractivity contribution in [3.05, 3.63) is 22.7 Å². The largest absolute Gasteiger partial charge is 0.495 e. The minimum atomic E-state index is -3.75. The third-order valence-electron chi connectivity index (χ3n) is 2.92. The molecule has 0 aromatic heterocycles. The van der Waals surface area contributed by atoms with Gasteiger partial charge in [0.2, 0.25) is 15.0 Å². The third-order valence-corrected chi connectivity index (χ3v) is 5.28. The molecule has 1 heterocycles. The average Bonchev–Trinajstić information content (AvgIpc) is 2.71. The Morgan fingerprint density at radius 2 is 2.16 bits per heavy atom. The van der Waals surface area contributed by atoms with Gasteiger partial charge in [0.15, 0.2) is 0 Å². The summed E-state index contributed by atoms with van der Waals surface area (Å²) in [6, 6.07) is 5.19. The van der Waals surface area contributed by atoms with E-state index in [4.69, 9.17) is 15.4 Å². The molecule has 0 saturated carbocycles. The number of halogens is 2. The van der Waals surface area contributed by atoms with Gasteiger partial charge in [0.25, 0.3) is 0 Å². The van der Waals surface area contributed by atoms with Crippen LogP contribution in [0, 0.1) is 0 Å². The zero-order chi connectivity index (χ0) is 14.2. The van der Waals surface area contributed by atoms with Crippen molar-refractivity contribution in [2.75, 3.05) is 18.6 Å². The minimum absolute atomic E-state index is 0.0392. The lowest BCUT2D eigenvalue weighted by atomic mass is 10.2. The molecule has 1 aromatic rings. The van der Waals surface area contributed by atoms with Crippen LogP contribution in [-0.4, -0.2) is 33.2 Å². The van der Waals surface area contributed by atoms with E-state index in [-0.39, 0.29) is 18.9 Å². The van der Waals surface area contributed by atoms with E-state index in [2.05, 4.69) is 15.9 Å². The van der Waals surface area contributed by atoms with E-state index in [1.165, 1.54) is 12.0 Å². The summed E-state index contributed by atoms with van der Waals surface area (Å²) in [4.78, 5) is 13.3. The van der Waals surface area contributed by atoms with Crippen LogP contribution in [0.3, 0.4) is 0 Å². The van der Waals surface area contributed by atoms with Crippen LogP contribution in [-0.2, 0) is 13.8 Å². The van der Waals surface area contributed by atoms with Gasteiger partial charge >= 0.3 is 0 Å². The van der Waals surface area contributed by atoms with Crippen molar-refractivity contribution in [3.8, 4) is 5.75 Å². The van der Waals surface area contributed by atoms with Crippen LogP contribution in [0.15, 0.2) is 22.7 Å².